The van der Waals surface area contributed by atoms with E-state index in [2.05, 4.69) is 5.32 Å². The summed E-state index contributed by atoms with van der Waals surface area (Å²) in [6, 6.07) is 13.3. The highest BCUT2D eigenvalue weighted by atomic mass is 35.5. The van der Waals surface area contributed by atoms with Gasteiger partial charge in [0.05, 0.1) is 10.6 Å². The van der Waals surface area contributed by atoms with Crippen LogP contribution < -0.4 is 5.32 Å². The molecular weight excluding hydrogens is 343 g/mol. The highest BCUT2D eigenvalue weighted by Gasteiger charge is 2.12. The van der Waals surface area contributed by atoms with Gasteiger partial charge >= 0.3 is 0 Å². The molecule has 25 heavy (non-hydrogen) atoms. The summed E-state index contributed by atoms with van der Waals surface area (Å²) in [7, 11) is 0. The topological polar surface area (TPSA) is 49.4 Å². The third-order valence-corrected chi connectivity index (χ3v) is 4.17. The number of nitrogens with one attached hydrogen (secondary N) is 1. The van der Waals surface area contributed by atoms with Crippen LogP contribution in [-0.2, 0) is 11.2 Å². The lowest BCUT2D eigenvalue weighted by molar-refractivity contribution is -0.128. The first-order valence-electron chi connectivity index (χ1n) is 8.00. The summed E-state index contributed by atoms with van der Waals surface area (Å²) in [5.74, 6) is -0.690. The molecule has 0 bridgehead atoms. The maximum absolute atomic E-state index is 13.7. The van der Waals surface area contributed by atoms with Crippen molar-refractivity contribution in [3.63, 3.8) is 0 Å². The number of hydrogen-bond acceptors (Lipinski definition) is 2. The monoisotopic (exact) mass is 362 g/mol. The van der Waals surface area contributed by atoms with Crippen molar-refractivity contribution in [2.45, 2.75) is 13.3 Å². The third kappa shape index (κ3) is 5.57. The lowest BCUT2D eigenvalue weighted by Crippen LogP contribution is -2.38. The summed E-state index contributed by atoms with van der Waals surface area (Å²) in [5.41, 5.74) is 0.957. The molecule has 0 aliphatic rings. The quantitative estimate of drug-likeness (QED) is 0.821. The number of amides is 2. The highest BCUT2D eigenvalue weighted by Crippen LogP contribution is 2.14. The minimum Gasteiger partial charge on any atom is -0.350 e. The molecule has 0 aliphatic carbocycles. The number of carbonyl (C=O) groups excluding carboxylic acids is 2. The maximum atomic E-state index is 13.7. The van der Waals surface area contributed by atoms with Crippen LogP contribution in [0.5, 0.6) is 0 Å². The van der Waals surface area contributed by atoms with Crippen LogP contribution in [0.15, 0.2) is 48.5 Å². The van der Waals surface area contributed by atoms with Crippen LogP contribution >= 0.6 is 11.6 Å². The Morgan fingerprint density at radius 2 is 1.76 bits per heavy atom. The number of hydrogen-bond donors (Lipinski definition) is 1. The zero-order valence-electron chi connectivity index (χ0n) is 14.0. The third-order valence-electron chi connectivity index (χ3n) is 3.84. The van der Waals surface area contributed by atoms with Gasteiger partial charge in [0.2, 0.25) is 5.91 Å². The average molecular weight is 363 g/mol. The van der Waals surface area contributed by atoms with Crippen LogP contribution in [-0.4, -0.2) is 36.3 Å². The summed E-state index contributed by atoms with van der Waals surface area (Å²) < 4.78 is 13.7. The van der Waals surface area contributed by atoms with E-state index in [4.69, 9.17) is 11.6 Å². The van der Waals surface area contributed by atoms with E-state index in [9.17, 15) is 14.0 Å². The summed E-state index contributed by atoms with van der Waals surface area (Å²) in [6.45, 7) is 2.48. The van der Waals surface area contributed by atoms with Crippen molar-refractivity contribution in [1.29, 1.82) is 0 Å². The van der Waals surface area contributed by atoms with Crippen LogP contribution in [0.2, 0.25) is 5.02 Å². The molecule has 0 spiro atoms. The van der Waals surface area contributed by atoms with Gasteiger partial charge < -0.3 is 10.2 Å². The normalized spacial score (nSPS) is 10.4. The van der Waals surface area contributed by atoms with E-state index in [1.165, 1.54) is 13.0 Å². The van der Waals surface area contributed by atoms with Gasteiger partial charge in [-0.1, -0.05) is 41.9 Å². The molecule has 2 aromatic rings. The smallest absolute Gasteiger partial charge is 0.252 e. The Morgan fingerprint density at radius 1 is 1.08 bits per heavy atom. The fourth-order valence-electron chi connectivity index (χ4n) is 2.43. The van der Waals surface area contributed by atoms with E-state index in [0.717, 1.165) is 0 Å². The molecule has 4 nitrogen and oxygen atoms in total. The SMILES string of the molecule is CC(=O)N(CCNC(=O)c1ccccc1Cl)CCc1ccccc1F. The van der Waals surface area contributed by atoms with Gasteiger partial charge in [0.25, 0.3) is 5.91 Å². The first-order chi connectivity index (χ1) is 12.0. The molecule has 0 unspecified atom stereocenters. The molecule has 0 radical (unpaired) electrons. The molecule has 0 saturated heterocycles. The first-order valence-corrected chi connectivity index (χ1v) is 8.38. The maximum Gasteiger partial charge on any atom is 0.252 e. The Bertz CT molecular complexity index is 752. The minimum absolute atomic E-state index is 0.122. The number of benzene rings is 2. The molecule has 6 heteroatoms. The number of rotatable bonds is 7. The van der Waals surface area contributed by atoms with Crippen molar-refractivity contribution in [3.05, 3.63) is 70.5 Å². The van der Waals surface area contributed by atoms with Crippen molar-refractivity contribution in [2.75, 3.05) is 19.6 Å². The number of carbonyl (C=O) groups is 2. The molecule has 1 N–H and O–H groups in total. The van der Waals surface area contributed by atoms with Gasteiger partial charge in [-0.25, -0.2) is 4.39 Å². The lowest BCUT2D eigenvalue weighted by Gasteiger charge is -2.21. The summed E-state index contributed by atoms with van der Waals surface area (Å²) in [5, 5.41) is 3.12. The molecule has 0 fully saturated rings. The van der Waals surface area contributed by atoms with E-state index >= 15 is 0 Å². The summed E-state index contributed by atoms with van der Waals surface area (Å²) >= 11 is 5.98. The molecule has 0 aliphatic heterocycles. The van der Waals surface area contributed by atoms with E-state index in [1.807, 2.05) is 0 Å². The van der Waals surface area contributed by atoms with Gasteiger partial charge in [0, 0.05) is 26.6 Å². The van der Waals surface area contributed by atoms with Crippen LogP contribution in [0.3, 0.4) is 0 Å². The predicted molar refractivity (Wildman–Crippen MR) is 96.1 cm³/mol. The van der Waals surface area contributed by atoms with Gasteiger partial charge in [-0.05, 0) is 30.2 Å². The largest absolute Gasteiger partial charge is 0.350 e. The Kier molecular flexibility index (Phi) is 6.95. The van der Waals surface area contributed by atoms with E-state index in [-0.39, 0.29) is 17.6 Å². The van der Waals surface area contributed by atoms with Gasteiger partial charge in [-0.15, -0.1) is 0 Å². The first kappa shape index (κ1) is 18.9. The van der Waals surface area contributed by atoms with E-state index < -0.39 is 0 Å². The fraction of sp³-hybridized carbons (Fsp3) is 0.263. The molecular formula is C19H20ClFN2O2. The highest BCUT2D eigenvalue weighted by molar-refractivity contribution is 6.33. The molecule has 0 atom stereocenters. The zero-order valence-corrected chi connectivity index (χ0v) is 14.7. The van der Waals surface area contributed by atoms with Crippen LogP contribution in [0.25, 0.3) is 0 Å². The van der Waals surface area contributed by atoms with Gasteiger partial charge in [-0.2, -0.15) is 0 Å². The Labute approximate surface area is 151 Å². The standard InChI is InChI=1S/C19H20ClFN2O2/c1-14(24)23(12-10-15-6-2-5-9-18(15)21)13-11-22-19(25)16-7-3-4-8-17(16)20/h2-9H,10-13H2,1H3,(H,22,25). The predicted octanol–water partition coefficient (Wildman–Crippen LogP) is 3.30. The molecule has 2 aromatic carbocycles. The van der Waals surface area contributed by atoms with Crippen LogP contribution in [0.1, 0.15) is 22.8 Å². The molecule has 0 saturated carbocycles. The van der Waals surface area contributed by atoms with Crippen molar-refractivity contribution >= 4 is 23.4 Å². The van der Waals surface area contributed by atoms with Crippen molar-refractivity contribution in [2.24, 2.45) is 0 Å². The average Bonchev–Trinajstić information content (AvgIpc) is 2.59. The second-order valence-corrected chi connectivity index (χ2v) is 5.99. The van der Waals surface area contributed by atoms with Crippen molar-refractivity contribution in [1.82, 2.24) is 10.2 Å². The molecule has 2 rings (SSSR count). The molecule has 2 amide bonds. The summed E-state index contributed by atoms with van der Waals surface area (Å²) in [6.07, 6.45) is 0.421. The Balaban J connectivity index is 1.86. The summed E-state index contributed by atoms with van der Waals surface area (Å²) in [4.78, 5) is 25.4. The minimum atomic E-state index is -0.289. The second kappa shape index (κ2) is 9.18. The Hall–Kier alpha value is -2.40. The molecule has 0 heterocycles. The van der Waals surface area contributed by atoms with Crippen LogP contribution in [0.4, 0.5) is 4.39 Å². The lowest BCUT2D eigenvalue weighted by atomic mass is 10.1. The second-order valence-electron chi connectivity index (χ2n) is 5.58. The van der Waals surface area contributed by atoms with Gasteiger partial charge in [-0.3, -0.25) is 9.59 Å². The fourth-order valence-corrected chi connectivity index (χ4v) is 2.65. The van der Waals surface area contributed by atoms with E-state index in [1.54, 1.807) is 47.4 Å². The Morgan fingerprint density at radius 3 is 2.44 bits per heavy atom. The van der Waals surface area contributed by atoms with Gasteiger partial charge in [0.1, 0.15) is 5.82 Å². The molecule has 0 aromatic heterocycles. The van der Waals surface area contributed by atoms with Gasteiger partial charge in [0.15, 0.2) is 0 Å². The van der Waals surface area contributed by atoms with Crippen molar-refractivity contribution in [3.8, 4) is 0 Å². The zero-order chi connectivity index (χ0) is 18.2. The molecule has 132 valence electrons. The number of nitrogens with zero attached hydrogens (tertiary/aromatic N) is 1. The van der Waals surface area contributed by atoms with E-state index in [0.29, 0.717) is 42.2 Å². The van der Waals surface area contributed by atoms with Crippen molar-refractivity contribution < 1.29 is 14.0 Å². The van der Waals surface area contributed by atoms with Crippen LogP contribution in [0, 0.1) is 5.82 Å². The number of halogens is 2.